The Morgan fingerprint density at radius 3 is 2.27 bits per heavy atom. The Labute approximate surface area is 260 Å². The van der Waals surface area contributed by atoms with Crippen molar-refractivity contribution in [3.63, 3.8) is 0 Å². The molecule has 240 valence electrons. The Hall–Kier alpha value is -3.87. The van der Waals surface area contributed by atoms with Crippen molar-refractivity contribution in [3.8, 4) is 0 Å². The smallest absolute Gasteiger partial charge is 0.334 e. The van der Waals surface area contributed by atoms with Gasteiger partial charge in [-0.05, 0) is 66.0 Å². The number of carbonyl (C=O) groups is 2. The lowest BCUT2D eigenvalue weighted by Gasteiger charge is -2.31. The predicted octanol–water partition coefficient (Wildman–Crippen LogP) is 7.06. The number of halogens is 5. The van der Waals surface area contributed by atoms with Crippen LogP contribution in [0, 0.1) is 5.92 Å². The minimum absolute atomic E-state index is 0.104. The van der Waals surface area contributed by atoms with Gasteiger partial charge in [0.1, 0.15) is 6.04 Å². The van der Waals surface area contributed by atoms with Gasteiger partial charge in [0, 0.05) is 36.9 Å². The fourth-order valence-corrected chi connectivity index (χ4v) is 6.15. The van der Waals surface area contributed by atoms with E-state index < -0.39 is 23.7 Å². The summed E-state index contributed by atoms with van der Waals surface area (Å²) in [5.41, 5.74) is 2.11. The highest BCUT2D eigenvalue weighted by atomic mass is 32.2. The molecule has 3 aromatic rings. The van der Waals surface area contributed by atoms with E-state index in [0.29, 0.717) is 31.1 Å². The molecule has 2 unspecified atom stereocenters. The minimum Gasteiger partial charge on any atom is -0.334 e. The molecule has 1 aromatic heterocycles. The van der Waals surface area contributed by atoms with E-state index in [9.17, 15) is 31.5 Å². The van der Waals surface area contributed by atoms with Crippen LogP contribution in [0.1, 0.15) is 60.9 Å². The number of carbonyl (C=O) groups excluding carboxylic acids is 2. The lowest BCUT2D eigenvalue weighted by Crippen LogP contribution is -2.33. The lowest BCUT2D eigenvalue weighted by molar-refractivity contribution is -0.137. The summed E-state index contributed by atoms with van der Waals surface area (Å²) < 4.78 is 62.2. The number of nitrogens with one attached hydrogen (secondary N) is 1. The Kier molecular flexibility index (Phi) is 9.29. The lowest BCUT2D eigenvalue weighted by atomic mass is 9.83. The van der Waals surface area contributed by atoms with Gasteiger partial charge in [-0.25, -0.2) is 18.7 Å². The molecule has 1 aliphatic heterocycles. The summed E-state index contributed by atoms with van der Waals surface area (Å²) in [7, 11) is -0.184. The standard InChI is InChI=1S/C27H26F3N5O2S.C5H8F2/c1-38(2)22-9-10-23-18(11-22)15-34(16-36)24(23)25(37)33-20-12-31-26(32-13-20)35(21-7-8-21)14-17-3-5-19(6-4-17)27(28,29)30;1-4-2-5(6,7)3-4/h3-6,9-13,16,21,24H,1,7-8,14-15H2,2H3,(H,33,37);4H,2-3H2,1H3. The van der Waals surface area contributed by atoms with Crippen LogP contribution >= 0.6 is 10.5 Å². The molecule has 0 bridgehead atoms. The van der Waals surface area contributed by atoms with Crippen LogP contribution in [-0.4, -0.2) is 51.3 Å². The molecular weight excluding hydrogens is 613 g/mol. The summed E-state index contributed by atoms with van der Waals surface area (Å²) in [6, 6.07) is 10.3. The summed E-state index contributed by atoms with van der Waals surface area (Å²) in [5, 5.41) is 2.81. The van der Waals surface area contributed by atoms with Crippen molar-refractivity contribution in [2.45, 2.75) is 74.8 Å². The number of amides is 2. The molecule has 3 aliphatic rings. The second-order valence-corrected chi connectivity index (χ2v) is 13.6. The fraction of sp³-hybridized carbons (Fsp3) is 0.406. The van der Waals surface area contributed by atoms with Crippen molar-refractivity contribution in [3.05, 3.63) is 77.1 Å². The van der Waals surface area contributed by atoms with E-state index in [1.807, 2.05) is 36.3 Å². The molecule has 0 saturated heterocycles. The largest absolute Gasteiger partial charge is 0.416 e. The second kappa shape index (κ2) is 12.9. The third kappa shape index (κ3) is 7.86. The molecule has 0 spiro atoms. The Balaban J connectivity index is 0.000000505. The first kappa shape index (κ1) is 32.5. The maximum atomic E-state index is 13.2. The summed E-state index contributed by atoms with van der Waals surface area (Å²) in [5.74, 6) is 2.08. The highest BCUT2D eigenvalue weighted by Gasteiger charge is 2.42. The van der Waals surface area contributed by atoms with Gasteiger partial charge in [-0.1, -0.05) is 31.0 Å². The van der Waals surface area contributed by atoms with E-state index in [2.05, 4.69) is 21.2 Å². The van der Waals surface area contributed by atoms with Gasteiger partial charge in [-0.2, -0.15) is 23.7 Å². The molecule has 7 nitrogen and oxygen atoms in total. The highest BCUT2D eigenvalue weighted by molar-refractivity contribution is 8.13. The van der Waals surface area contributed by atoms with Gasteiger partial charge in [-0.15, -0.1) is 0 Å². The van der Waals surface area contributed by atoms with Crippen LogP contribution < -0.4 is 10.2 Å². The summed E-state index contributed by atoms with van der Waals surface area (Å²) >= 11 is 0. The first-order valence-electron chi connectivity index (χ1n) is 14.5. The van der Waals surface area contributed by atoms with E-state index in [0.717, 1.165) is 46.6 Å². The van der Waals surface area contributed by atoms with E-state index >= 15 is 0 Å². The van der Waals surface area contributed by atoms with E-state index in [1.165, 1.54) is 29.4 Å². The van der Waals surface area contributed by atoms with E-state index in [1.54, 1.807) is 0 Å². The maximum absolute atomic E-state index is 13.2. The van der Waals surface area contributed by atoms with Crippen molar-refractivity contribution in [2.75, 3.05) is 16.5 Å². The molecule has 2 amide bonds. The zero-order valence-electron chi connectivity index (χ0n) is 24.9. The Morgan fingerprint density at radius 2 is 1.78 bits per heavy atom. The number of fused-ring (bicyclic) bond motifs is 1. The summed E-state index contributed by atoms with van der Waals surface area (Å²) in [4.78, 5) is 38.2. The first-order chi connectivity index (χ1) is 21.2. The Morgan fingerprint density at radius 1 is 1.13 bits per heavy atom. The van der Waals surface area contributed by atoms with Crippen LogP contribution in [0.2, 0.25) is 0 Å². The quantitative estimate of drug-likeness (QED) is 0.161. The average molecular weight is 648 g/mol. The molecule has 2 aliphatic carbocycles. The van der Waals surface area contributed by atoms with Crippen molar-refractivity contribution < 1.29 is 31.5 Å². The van der Waals surface area contributed by atoms with Crippen molar-refractivity contribution in [2.24, 2.45) is 5.92 Å². The first-order valence-corrected chi connectivity index (χ1v) is 16.3. The number of alkyl halides is 5. The van der Waals surface area contributed by atoms with Crippen LogP contribution in [-0.2, 0) is 28.9 Å². The normalized spacial score (nSPS) is 19.4. The zero-order chi connectivity index (χ0) is 32.5. The molecule has 2 aromatic carbocycles. The van der Waals surface area contributed by atoms with Crippen molar-refractivity contribution in [1.82, 2.24) is 14.9 Å². The average Bonchev–Trinajstić information content (AvgIpc) is 3.74. The molecule has 2 heterocycles. The van der Waals surface area contributed by atoms with E-state index in [4.69, 9.17) is 0 Å². The SMILES string of the molecule is C=S(C)c1ccc2c(c1)CN(C=O)C2C(=O)Nc1cnc(N(Cc2ccc(C(F)(F)F)cc2)C2CC2)nc1.CC1CC(F)(F)C1. The van der Waals surface area contributed by atoms with Crippen LogP contribution in [0.4, 0.5) is 33.6 Å². The third-order valence-electron chi connectivity index (χ3n) is 7.96. The molecule has 13 heteroatoms. The number of rotatable bonds is 8. The van der Waals surface area contributed by atoms with Crippen LogP contribution in [0.5, 0.6) is 0 Å². The molecule has 2 saturated carbocycles. The monoisotopic (exact) mass is 647 g/mol. The van der Waals surface area contributed by atoms with Crippen LogP contribution in [0.15, 0.2) is 59.8 Å². The van der Waals surface area contributed by atoms with E-state index in [-0.39, 0.29) is 41.2 Å². The van der Waals surface area contributed by atoms with Gasteiger partial charge in [0.15, 0.2) is 0 Å². The van der Waals surface area contributed by atoms with Crippen molar-refractivity contribution >= 4 is 40.3 Å². The summed E-state index contributed by atoms with van der Waals surface area (Å²) in [6.45, 7) is 2.56. The molecule has 6 rings (SSSR count). The second-order valence-electron chi connectivity index (χ2n) is 11.9. The van der Waals surface area contributed by atoms with Gasteiger partial charge >= 0.3 is 6.18 Å². The molecule has 45 heavy (non-hydrogen) atoms. The topological polar surface area (TPSA) is 78.4 Å². The maximum Gasteiger partial charge on any atom is 0.416 e. The predicted molar refractivity (Wildman–Crippen MR) is 164 cm³/mol. The molecule has 2 atom stereocenters. The highest BCUT2D eigenvalue weighted by Crippen LogP contribution is 2.41. The number of aromatic nitrogens is 2. The van der Waals surface area contributed by atoms with Gasteiger partial charge in [0.05, 0.1) is 23.6 Å². The fourth-order valence-electron chi connectivity index (χ4n) is 5.51. The zero-order valence-corrected chi connectivity index (χ0v) is 25.7. The molecule has 1 N–H and O–H groups in total. The van der Waals surface area contributed by atoms with Gasteiger partial charge < -0.3 is 15.1 Å². The van der Waals surface area contributed by atoms with Gasteiger partial charge in [0.25, 0.3) is 5.91 Å². The molecule has 0 radical (unpaired) electrons. The van der Waals surface area contributed by atoms with Gasteiger partial charge in [0.2, 0.25) is 18.3 Å². The van der Waals surface area contributed by atoms with Crippen LogP contribution in [0.3, 0.4) is 0 Å². The molecular formula is C32H34F5N5O2S. The minimum atomic E-state index is -4.38. The van der Waals surface area contributed by atoms with Crippen LogP contribution in [0.25, 0.3) is 0 Å². The number of hydrogen-bond acceptors (Lipinski definition) is 5. The number of benzene rings is 2. The molecule has 2 fully saturated rings. The summed E-state index contributed by atoms with van der Waals surface area (Å²) in [6.07, 6.45) is 3.40. The van der Waals surface area contributed by atoms with Crippen molar-refractivity contribution in [1.29, 1.82) is 0 Å². The Bertz CT molecular complexity index is 1550. The number of hydrogen-bond donors (Lipinski definition) is 1. The third-order valence-corrected chi connectivity index (χ3v) is 9.02. The number of anilines is 2. The van der Waals surface area contributed by atoms with Gasteiger partial charge in [-0.3, -0.25) is 9.59 Å². The number of nitrogens with zero attached hydrogens (tertiary/aromatic N) is 4.